The minimum Gasteiger partial charge on any atom is -0.480 e. The molecule has 0 spiro atoms. The largest absolute Gasteiger partial charge is 0.480 e. The van der Waals surface area contributed by atoms with E-state index >= 15 is 0 Å². The van der Waals surface area contributed by atoms with Gasteiger partial charge < -0.3 is 20.4 Å². The monoisotopic (exact) mass is 268 g/mol. The van der Waals surface area contributed by atoms with Crippen LogP contribution in [0, 0.1) is 11.8 Å². The standard InChI is InChI=1S/C13H20N2O4/c16-8-4-10(13(18)19)15(6-8)12(17)11-9-3-1-2-7(9)5-14-11/h7-11,14,16H,1-6H2,(H,18,19)/t7?,8?,9?,10-,11?/m0/s1. The Labute approximate surface area is 111 Å². The lowest BCUT2D eigenvalue weighted by Gasteiger charge is -2.27. The zero-order valence-corrected chi connectivity index (χ0v) is 10.8. The SMILES string of the molecule is O=C(O)[C@@H]1CC(O)CN1C(=O)C1NCC2CCCC21. The molecule has 1 amide bonds. The molecular formula is C13H20N2O4. The lowest BCUT2D eigenvalue weighted by atomic mass is 9.93. The topological polar surface area (TPSA) is 89.9 Å². The van der Waals surface area contributed by atoms with E-state index in [1.807, 2.05) is 0 Å². The van der Waals surface area contributed by atoms with Crippen molar-refractivity contribution >= 4 is 11.9 Å². The number of aliphatic carboxylic acids is 1. The number of aliphatic hydroxyl groups is 1. The molecule has 19 heavy (non-hydrogen) atoms. The molecule has 0 aromatic heterocycles. The molecule has 3 rings (SSSR count). The quantitative estimate of drug-likeness (QED) is 0.623. The van der Waals surface area contributed by atoms with Crippen LogP contribution < -0.4 is 5.32 Å². The molecule has 0 aromatic carbocycles. The van der Waals surface area contributed by atoms with Crippen LogP contribution in [0.4, 0.5) is 0 Å². The van der Waals surface area contributed by atoms with Crippen LogP contribution in [0.25, 0.3) is 0 Å². The highest BCUT2D eigenvalue weighted by Crippen LogP contribution is 2.38. The van der Waals surface area contributed by atoms with E-state index in [2.05, 4.69) is 5.32 Å². The van der Waals surface area contributed by atoms with Gasteiger partial charge in [0, 0.05) is 13.0 Å². The fourth-order valence-electron chi connectivity index (χ4n) is 3.93. The number of aliphatic hydroxyl groups excluding tert-OH is 1. The van der Waals surface area contributed by atoms with Gasteiger partial charge in [0.15, 0.2) is 0 Å². The minimum atomic E-state index is -1.02. The van der Waals surface area contributed by atoms with Crippen molar-refractivity contribution in [2.75, 3.05) is 13.1 Å². The minimum absolute atomic E-state index is 0.140. The fourth-order valence-corrected chi connectivity index (χ4v) is 3.93. The Morgan fingerprint density at radius 1 is 1.26 bits per heavy atom. The number of hydrogen-bond acceptors (Lipinski definition) is 4. The van der Waals surface area contributed by atoms with Crippen LogP contribution in [0.15, 0.2) is 0 Å². The summed E-state index contributed by atoms with van der Waals surface area (Å²) in [6.07, 6.45) is 2.79. The van der Waals surface area contributed by atoms with E-state index in [0.717, 1.165) is 25.8 Å². The first-order valence-electron chi connectivity index (χ1n) is 7.02. The molecule has 0 radical (unpaired) electrons. The Morgan fingerprint density at radius 3 is 2.79 bits per heavy atom. The van der Waals surface area contributed by atoms with Crippen LogP contribution in [0.5, 0.6) is 0 Å². The summed E-state index contributed by atoms with van der Waals surface area (Å²) in [6.45, 7) is 1.00. The second kappa shape index (κ2) is 4.76. The van der Waals surface area contributed by atoms with Crippen LogP contribution in [0.2, 0.25) is 0 Å². The Balaban J connectivity index is 1.74. The number of rotatable bonds is 2. The number of carbonyl (C=O) groups excluding carboxylic acids is 1. The molecule has 6 nitrogen and oxygen atoms in total. The summed E-state index contributed by atoms with van der Waals surface area (Å²) in [5.74, 6) is -0.256. The average Bonchev–Trinajstić information content (AvgIpc) is 3.00. The molecule has 3 aliphatic rings. The number of nitrogens with one attached hydrogen (secondary N) is 1. The predicted molar refractivity (Wildman–Crippen MR) is 66.4 cm³/mol. The first-order valence-corrected chi connectivity index (χ1v) is 7.02. The van der Waals surface area contributed by atoms with E-state index in [0.29, 0.717) is 11.8 Å². The highest BCUT2D eigenvalue weighted by atomic mass is 16.4. The van der Waals surface area contributed by atoms with E-state index in [9.17, 15) is 14.7 Å². The number of hydrogen-bond donors (Lipinski definition) is 3. The van der Waals surface area contributed by atoms with Crippen molar-refractivity contribution in [2.45, 2.75) is 43.9 Å². The van der Waals surface area contributed by atoms with Crippen molar-refractivity contribution in [3.8, 4) is 0 Å². The van der Waals surface area contributed by atoms with Gasteiger partial charge in [0.25, 0.3) is 0 Å². The van der Waals surface area contributed by atoms with Crippen molar-refractivity contribution in [3.63, 3.8) is 0 Å². The number of amides is 1. The summed E-state index contributed by atoms with van der Waals surface area (Å²) in [5.41, 5.74) is 0. The number of likely N-dealkylation sites (tertiary alicyclic amines) is 1. The molecule has 6 heteroatoms. The Morgan fingerprint density at radius 2 is 2.05 bits per heavy atom. The van der Waals surface area contributed by atoms with Crippen molar-refractivity contribution in [2.24, 2.45) is 11.8 Å². The molecule has 5 atom stereocenters. The molecule has 4 unspecified atom stereocenters. The molecule has 3 N–H and O–H groups in total. The second-order valence-electron chi connectivity index (χ2n) is 5.97. The summed E-state index contributed by atoms with van der Waals surface area (Å²) in [6, 6.07) is -1.12. The Bertz CT molecular complexity index is 400. The first kappa shape index (κ1) is 12.9. The summed E-state index contributed by atoms with van der Waals surface area (Å²) in [5, 5.41) is 22.0. The van der Waals surface area contributed by atoms with Crippen molar-refractivity contribution in [1.29, 1.82) is 0 Å². The lowest BCUT2D eigenvalue weighted by Crippen LogP contribution is -2.50. The van der Waals surface area contributed by atoms with E-state index < -0.39 is 18.1 Å². The van der Waals surface area contributed by atoms with Gasteiger partial charge in [-0.3, -0.25) is 4.79 Å². The molecule has 2 heterocycles. The third kappa shape index (κ3) is 2.12. The van der Waals surface area contributed by atoms with Gasteiger partial charge in [0.1, 0.15) is 6.04 Å². The van der Waals surface area contributed by atoms with Crippen LogP contribution in [0.3, 0.4) is 0 Å². The zero-order chi connectivity index (χ0) is 13.6. The molecular weight excluding hydrogens is 248 g/mol. The van der Waals surface area contributed by atoms with E-state index in [1.54, 1.807) is 0 Å². The first-order chi connectivity index (χ1) is 9.08. The van der Waals surface area contributed by atoms with Gasteiger partial charge in [-0.15, -0.1) is 0 Å². The fraction of sp³-hybridized carbons (Fsp3) is 0.846. The van der Waals surface area contributed by atoms with Gasteiger partial charge in [-0.25, -0.2) is 4.79 Å². The number of β-amino-alcohol motifs (C(OH)–C–C–N with tert-alkyl or cyclic N) is 1. The maximum atomic E-state index is 12.5. The maximum absolute atomic E-state index is 12.5. The van der Waals surface area contributed by atoms with Crippen molar-refractivity contribution in [3.05, 3.63) is 0 Å². The average molecular weight is 268 g/mol. The van der Waals surface area contributed by atoms with E-state index in [-0.39, 0.29) is 24.9 Å². The normalized spacial score (nSPS) is 41.5. The maximum Gasteiger partial charge on any atom is 0.326 e. The van der Waals surface area contributed by atoms with Gasteiger partial charge in [-0.05, 0) is 31.2 Å². The molecule has 0 bridgehead atoms. The van der Waals surface area contributed by atoms with Crippen LogP contribution in [-0.2, 0) is 9.59 Å². The molecule has 106 valence electrons. The summed E-state index contributed by atoms with van der Waals surface area (Å²) in [7, 11) is 0. The van der Waals surface area contributed by atoms with Gasteiger partial charge in [0.05, 0.1) is 12.1 Å². The summed E-state index contributed by atoms with van der Waals surface area (Å²) in [4.78, 5) is 25.1. The number of fused-ring (bicyclic) bond motifs is 1. The third-order valence-electron chi connectivity index (χ3n) is 4.86. The predicted octanol–water partition coefficient (Wildman–Crippen LogP) is -0.579. The van der Waals surface area contributed by atoms with Gasteiger partial charge in [0.2, 0.25) is 5.91 Å². The molecule has 1 saturated carbocycles. The molecule has 3 fully saturated rings. The number of carbonyl (C=O) groups is 2. The highest BCUT2D eigenvalue weighted by molar-refractivity contribution is 5.88. The van der Waals surface area contributed by atoms with Gasteiger partial charge >= 0.3 is 5.97 Å². The molecule has 2 saturated heterocycles. The second-order valence-corrected chi connectivity index (χ2v) is 5.97. The number of carboxylic acids is 1. The van der Waals surface area contributed by atoms with Gasteiger partial charge in [-0.1, -0.05) is 6.42 Å². The summed E-state index contributed by atoms with van der Waals surface area (Å²) >= 11 is 0. The number of nitrogens with zero attached hydrogens (tertiary/aromatic N) is 1. The molecule has 0 aromatic rings. The molecule has 2 aliphatic heterocycles. The Kier molecular flexibility index (Phi) is 3.22. The lowest BCUT2D eigenvalue weighted by molar-refractivity contribution is -0.149. The van der Waals surface area contributed by atoms with E-state index in [4.69, 9.17) is 5.11 Å². The van der Waals surface area contributed by atoms with Gasteiger partial charge in [-0.2, -0.15) is 0 Å². The highest BCUT2D eigenvalue weighted by Gasteiger charge is 2.47. The number of carboxylic acid groups (broad SMARTS) is 1. The van der Waals surface area contributed by atoms with Crippen LogP contribution in [-0.4, -0.2) is 58.3 Å². The summed E-state index contributed by atoms with van der Waals surface area (Å²) < 4.78 is 0. The van der Waals surface area contributed by atoms with Crippen LogP contribution >= 0.6 is 0 Å². The Hall–Kier alpha value is -1.14. The smallest absolute Gasteiger partial charge is 0.326 e. The van der Waals surface area contributed by atoms with Crippen molar-refractivity contribution < 1.29 is 19.8 Å². The zero-order valence-electron chi connectivity index (χ0n) is 10.8. The molecule has 1 aliphatic carbocycles. The van der Waals surface area contributed by atoms with E-state index in [1.165, 1.54) is 4.90 Å². The third-order valence-corrected chi connectivity index (χ3v) is 4.86. The van der Waals surface area contributed by atoms with Crippen LogP contribution in [0.1, 0.15) is 25.7 Å². The van der Waals surface area contributed by atoms with Crippen molar-refractivity contribution in [1.82, 2.24) is 10.2 Å².